The molecule has 126 valence electrons. The fourth-order valence-electron chi connectivity index (χ4n) is 3.71. The van der Waals surface area contributed by atoms with Crippen molar-refractivity contribution in [2.45, 2.75) is 31.3 Å². The minimum atomic E-state index is -0.0944. The molecule has 0 aromatic heterocycles. The number of fused-ring (bicyclic) bond motifs is 1. The van der Waals surface area contributed by atoms with Crippen molar-refractivity contribution in [2.24, 2.45) is 0 Å². The monoisotopic (exact) mass is 320 g/mol. The van der Waals surface area contributed by atoms with Gasteiger partial charge in [0.05, 0.1) is 21.3 Å². The van der Waals surface area contributed by atoms with Crippen LogP contribution in [0.1, 0.15) is 29.6 Å². The Hall–Kier alpha value is -1.95. The van der Waals surface area contributed by atoms with E-state index in [4.69, 9.17) is 14.2 Å². The molecule has 0 spiro atoms. The molecular formula is C17H24N2O4. The molecule has 1 aromatic rings. The van der Waals surface area contributed by atoms with Crippen LogP contribution in [-0.4, -0.2) is 57.3 Å². The van der Waals surface area contributed by atoms with Crippen LogP contribution >= 0.6 is 0 Å². The van der Waals surface area contributed by atoms with Crippen LogP contribution in [-0.2, 0) is 0 Å². The number of hydrogen-bond donors (Lipinski definition) is 1. The Morgan fingerprint density at radius 1 is 1.09 bits per heavy atom. The van der Waals surface area contributed by atoms with Gasteiger partial charge in [-0.3, -0.25) is 9.69 Å². The molecule has 0 aliphatic carbocycles. The molecule has 2 atom stereocenters. The maximum atomic E-state index is 12.6. The van der Waals surface area contributed by atoms with Gasteiger partial charge in [0.15, 0.2) is 11.5 Å². The molecule has 6 nitrogen and oxygen atoms in total. The zero-order valence-electron chi connectivity index (χ0n) is 13.9. The molecule has 0 radical (unpaired) electrons. The van der Waals surface area contributed by atoms with Crippen molar-refractivity contribution in [3.8, 4) is 17.2 Å². The van der Waals surface area contributed by atoms with E-state index in [2.05, 4.69) is 10.2 Å². The molecule has 0 bridgehead atoms. The number of ether oxygens (including phenoxy) is 3. The normalized spacial score (nSPS) is 23.4. The largest absolute Gasteiger partial charge is 0.493 e. The van der Waals surface area contributed by atoms with Crippen molar-refractivity contribution in [3.63, 3.8) is 0 Å². The highest BCUT2D eigenvalue weighted by atomic mass is 16.5. The van der Waals surface area contributed by atoms with Crippen molar-refractivity contribution in [2.75, 3.05) is 34.4 Å². The smallest absolute Gasteiger partial charge is 0.251 e. The molecule has 2 aliphatic heterocycles. The van der Waals surface area contributed by atoms with E-state index in [-0.39, 0.29) is 11.9 Å². The van der Waals surface area contributed by atoms with Crippen LogP contribution in [0.15, 0.2) is 12.1 Å². The van der Waals surface area contributed by atoms with Crippen molar-refractivity contribution >= 4 is 5.91 Å². The lowest BCUT2D eigenvalue weighted by Crippen LogP contribution is -2.42. The fourth-order valence-corrected chi connectivity index (χ4v) is 3.71. The maximum Gasteiger partial charge on any atom is 0.251 e. The minimum Gasteiger partial charge on any atom is -0.493 e. The van der Waals surface area contributed by atoms with Gasteiger partial charge < -0.3 is 19.5 Å². The molecule has 6 heteroatoms. The molecule has 1 aromatic carbocycles. The Bertz CT molecular complexity index is 565. The number of benzene rings is 1. The quantitative estimate of drug-likeness (QED) is 0.894. The zero-order chi connectivity index (χ0) is 16.4. The van der Waals surface area contributed by atoms with Gasteiger partial charge in [0.1, 0.15) is 0 Å². The van der Waals surface area contributed by atoms with Crippen LogP contribution in [0.4, 0.5) is 0 Å². The molecule has 2 aliphatic rings. The van der Waals surface area contributed by atoms with E-state index < -0.39 is 0 Å². The third-order valence-electron chi connectivity index (χ3n) is 4.85. The number of rotatable bonds is 5. The Labute approximate surface area is 136 Å². The lowest BCUT2D eigenvalue weighted by atomic mass is 10.1. The van der Waals surface area contributed by atoms with Gasteiger partial charge in [-0.15, -0.1) is 0 Å². The first-order valence-electron chi connectivity index (χ1n) is 8.03. The van der Waals surface area contributed by atoms with Gasteiger partial charge in [-0.05, 0) is 37.9 Å². The minimum absolute atomic E-state index is 0.0944. The summed E-state index contributed by atoms with van der Waals surface area (Å²) in [7, 11) is 4.64. The Kier molecular flexibility index (Phi) is 4.61. The SMILES string of the molecule is COc1cc(C(=O)N[C@@H]2CCN3CCC[C@@H]23)cc(OC)c1OC. The van der Waals surface area contributed by atoms with E-state index in [1.165, 1.54) is 12.8 Å². The highest BCUT2D eigenvalue weighted by Gasteiger charge is 2.38. The number of methoxy groups -OCH3 is 3. The molecule has 1 N–H and O–H groups in total. The Morgan fingerprint density at radius 3 is 2.39 bits per heavy atom. The standard InChI is InChI=1S/C17H24N2O4/c1-21-14-9-11(10-15(22-2)16(14)23-3)17(20)18-12-6-8-19-7-4-5-13(12)19/h9-10,12-13H,4-8H2,1-3H3,(H,18,20)/t12-,13+/m1/s1. The van der Waals surface area contributed by atoms with Crippen LogP contribution in [0.2, 0.25) is 0 Å². The topological polar surface area (TPSA) is 60.0 Å². The third-order valence-corrected chi connectivity index (χ3v) is 4.85. The summed E-state index contributed by atoms with van der Waals surface area (Å²) in [5.74, 6) is 1.38. The van der Waals surface area contributed by atoms with E-state index in [1.807, 2.05) is 0 Å². The van der Waals surface area contributed by atoms with Gasteiger partial charge in [0, 0.05) is 24.2 Å². The Balaban J connectivity index is 1.79. The van der Waals surface area contributed by atoms with Gasteiger partial charge in [-0.25, -0.2) is 0 Å². The summed E-state index contributed by atoms with van der Waals surface area (Å²) in [4.78, 5) is 15.1. The van der Waals surface area contributed by atoms with Crippen molar-refractivity contribution < 1.29 is 19.0 Å². The van der Waals surface area contributed by atoms with E-state index in [9.17, 15) is 4.79 Å². The molecule has 2 fully saturated rings. The summed E-state index contributed by atoms with van der Waals surface area (Å²) in [5, 5.41) is 3.17. The van der Waals surface area contributed by atoms with Crippen molar-refractivity contribution in [3.05, 3.63) is 17.7 Å². The lowest BCUT2D eigenvalue weighted by molar-refractivity contribution is 0.0928. The fraction of sp³-hybridized carbons (Fsp3) is 0.588. The third kappa shape index (κ3) is 2.95. The predicted molar refractivity (Wildman–Crippen MR) is 86.6 cm³/mol. The van der Waals surface area contributed by atoms with E-state index in [0.29, 0.717) is 28.9 Å². The summed E-state index contributed by atoms with van der Waals surface area (Å²) in [6, 6.07) is 4.10. The first-order valence-corrected chi connectivity index (χ1v) is 8.03. The zero-order valence-corrected chi connectivity index (χ0v) is 13.9. The predicted octanol–water partition coefficient (Wildman–Crippen LogP) is 1.68. The molecular weight excluding hydrogens is 296 g/mol. The number of hydrogen-bond acceptors (Lipinski definition) is 5. The van der Waals surface area contributed by atoms with E-state index in [1.54, 1.807) is 33.5 Å². The first kappa shape index (κ1) is 15.9. The summed E-state index contributed by atoms with van der Waals surface area (Å²) < 4.78 is 15.9. The molecule has 1 amide bonds. The molecule has 0 unspecified atom stereocenters. The summed E-state index contributed by atoms with van der Waals surface area (Å²) in [6.45, 7) is 2.23. The molecule has 23 heavy (non-hydrogen) atoms. The van der Waals surface area contributed by atoms with Gasteiger partial charge >= 0.3 is 0 Å². The second-order valence-corrected chi connectivity index (χ2v) is 6.03. The van der Waals surface area contributed by atoms with Crippen LogP contribution in [0.5, 0.6) is 17.2 Å². The first-order chi connectivity index (χ1) is 11.2. The number of carbonyl (C=O) groups is 1. The number of carbonyl (C=O) groups excluding carboxylic acids is 1. The average Bonchev–Trinajstić information content (AvgIpc) is 3.18. The van der Waals surface area contributed by atoms with E-state index >= 15 is 0 Å². The maximum absolute atomic E-state index is 12.6. The molecule has 2 saturated heterocycles. The molecule has 3 rings (SSSR count). The summed E-state index contributed by atoms with van der Waals surface area (Å²) >= 11 is 0. The van der Waals surface area contributed by atoms with Crippen LogP contribution in [0.3, 0.4) is 0 Å². The summed E-state index contributed by atoms with van der Waals surface area (Å²) in [5.41, 5.74) is 0.524. The van der Waals surface area contributed by atoms with Gasteiger partial charge in [0.25, 0.3) is 5.91 Å². The molecule has 2 heterocycles. The highest BCUT2D eigenvalue weighted by Crippen LogP contribution is 2.38. The van der Waals surface area contributed by atoms with Crippen LogP contribution < -0.4 is 19.5 Å². The van der Waals surface area contributed by atoms with Crippen molar-refractivity contribution in [1.82, 2.24) is 10.2 Å². The van der Waals surface area contributed by atoms with Crippen LogP contribution in [0.25, 0.3) is 0 Å². The number of amides is 1. The second kappa shape index (κ2) is 6.66. The van der Waals surface area contributed by atoms with E-state index in [0.717, 1.165) is 19.5 Å². The Morgan fingerprint density at radius 2 is 1.78 bits per heavy atom. The number of nitrogens with one attached hydrogen (secondary N) is 1. The highest BCUT2D eigenvalue weighted by molar-refractivity contribution is 5.96. The van der Waals surface area contributed by atoms with Crippen LogP contribution in [0, 0.1) is 0 Å². The molecule has 0 saturated carbocycles. The lowest BCUT2D eigenvalue weighted by Gasteiger charge is -2.21. The van der Waals surface area contributed by atoms with Gasteiger partial charge in [-0.1, -0.05) is 0 Å². The second-order valence-electron chi connectivity index (χ2n) is 6.03. The number of nitrogens with zero attached hydrogens (tertiary/aromatic N) is 1. The summed E-state index contributed by atoms with van der Waals surface area (Å²) in [6.07, 6.45) is 3.41. The average molecular weight is 320 g/mol. The van der Waals surface area contributed by atoms with Gasteiger partial charge in [-0.2, -0.15) is 0 Å². The van der Waals surface area contributed by atoms with Crippen molar-refractivity contribution in [1.29, 1.82) is 0 Å². The van der Waals surface area contributed by atoms with Gasteiger partial charge in [0.2, 0.25) is 5.75 Å².